The molecule has 172 valence electrons. The van der Waals surface area contributed by atoms with E-state index in [1.54, 1.807) is 32.2 Å². The maximum absolute atomic E-state index is 14.3. The molecule has 4 N–H and O–H groups in total. The third kappa shape index (κ3) is 4.24. The van der Waals surface area contributed by atoms with Crippen molar-refractivity contribution >= 4 is 38.9 Å². The molecule has 2 atom stereocenters. The number of hydrogen-bond donors (Lipinski definition) is 2. The van der Waals surface area contributed by atoms with Crippen LogP contribution in [0.5, 0.6) is 5.88 Å². The minimum Gasteiger partial charge on any atom is -0.467 e. The van der Waals surface area contributed by atoms with Gasteiger partial charge in [-0.15, -0.1) is 0 Å². The molecule has 3 aromatic rings. The molecule has 2 bridgehead atoms. The number of halogens is 2. The van der Waals surface area contributed by atoms with Gasteiger partial charge in [0.15, 0.2) is 5.82 Å². The Morgan fingerprint density at radius 3 is 2.73 bits per heavy atom. The summed E-state index contributed by atoms with van der Waals surface area (Å²) in [7, 11) is -1.40. The van der Waals surface area contributed by atoms with E-state index >= 15 is 0 Å². The number of amides is 1. The minimum absolute atomic E-state index is 0.00216. The molecule has 4 rings (SSSR count). The molecule has 1 amide bonds. The van der Waals surface area contributed by atoms with Crippen LogP contribution in [0.3, 0.4) is 0 Å². The van der Waals surface area contributed by atoms with Gasteiger partial charge in [0.2, 0.25) is 0 Å². The quantitative estimate of drug-likeness (QED) is 0.506. The van der Waals surface area contributed by atoms with Crippen molar-refractivity contribution in [2.24, 2.45) is 5.14 Å². The fraction of sp³-hybridized carbons (Fsp3) is 0.182. The summed E-state index contributed by atoms with van der Waals surface area (Å²) in [6, 6.07) is 7.37. The lowest BCUT2D eigenvalue weighted by Gasteiger charge is -2.25. The van der Waals surface area contributed by atoms with Gasteiger partial charge < -0.3 is 15.4 Å². The lowest BCUT2D eigenvalue weighted by molar-refractivity contribution is 0.0779. The topological polar surface area (TPSA) is 124 Å². The van der Waals surface area contributed by atoms with Gasteiger partial charge in [-0.05, 0) is 42.6 Å². The molecule has 8 nitrogen and oxygen atoms in total. The van der Waals surface area contributed by atoms with Crippen molar-refractivity contribution in [1.82, 2.24) is 14.9 Å². The van der Waals surface area contributed by atoms with Crippen molar-refractivity contribution < 1.29 is 18.1 Å². The second kappa shape index (κ2) is 8.29. The van der Waals surface area contributed by atoms with Gasteiger partial charge in [-0.3, -0.25) is 9.93 Å². The van der Waals surface area contributed by atoms with Crippen LogP contribution in [-0.4, -0.2) is 37.9 Å². The monoisotopic (exact) mass is 489 g/mol. The van der Waals surface area contributed by atoms with E-state index in [1.165, 1.54) is 17.2 Å². The molecule has 0 aliphatic carbocycles. The summed E-state index contributed by atoms with van der Waals surface area (Å²) in [4.78, 5) is 23.7. The highest BCUT2D eigenvalue weighted by molar-refractivity contribution is 7.98. The maximum Gasteiger partial charge on any atom is 0.258 e. The number of hydrogen-bond acceptors (Lipinski definition) is 6. The Hall–Kier alpha value is -3.21. The highest BCUT2D eigenvalue weighted by Gasteiger charge is 2.27. The highest BCUT2D eigenvalue weighted by atomic mass is 35.5. The molecule has 0 fully saturated rings. The minimum atomic E-state index is -3.00. The molecule has 0 spiro atoms. The van der Waals surface area contributed by atoms with Gasteiger partial charge in [-0.2, -0.15) is 0 Å². The summed E-state index contributed by atoms with van der Waals surface area (Å²) in [5.41, 5.74) is 7.91. The number of aromatic nitrogens is 2. The van der Waals surface area contributed by atoms with Crippen molar-refractivity contribution in [2.45, 2.75) is 24.5 Å². The van der Waals surface area contributed by atoms with Crippen molar-refractivity contribution in [3.05, 3.63) is 64.1 Å². The smallest absolute Gasteiger partial charge is 0.258 e. The number of nitrogens with zero attached hydrogens (tertiary/aromatic N) is 3. The predicted molar refractivity (Wildman–Crippen MR) is 126 cm³/mol. The summed E-state index contributed by atoms with van der Waals surface area (Å²) in [6.45, 7) is 1.76. The van der Waals surface area contributed by atoms with Crippen molar-refractivity contribution in [1.29, 1.82) is 0 Å². The Morgan fingerprint density at radius 2 is 2.03 bits per heavy atom. The maximum atomic E-state index is 14.3. The Labute approximate surface area is 195 Å². The first-order valence-electron chi connectivity index (χ1n) is 9.78. The molecule has 1 aliphatic heterocycles. The van der Waals surface area contributed by atoms with Gasteiger partial charge >= 0.3 is 0 Å². The number of carbonyl (C=O) groups excluding carboxylic acids is 1. The third-order valence-electron chi connectivity index (χ3n) is 5.34. The molecule has 1 aromatic heterocycles. The lowest BCUT2D eigenvalue weighted by Crippen LogP contribution is -2.29. The first kappa shape index (κ1) is 23.0. The van der Waals surface area contributed by atoms with Crippen LogP contribution in [0, 0.1) is 5.82 Å². The Morgan fingerprint density at radius 1 is 1.30 bits per heavy atom. The van der Waals surface area contributed by atoms with Crippen LogP contribution in [0.15, 0.2) is 41.4 Å². The molecule has 0 radical (unpaired) electrons. The number of anilines is 1. The van der Waals surface area contributed by atoms with Gasteiger partial charge in [0.1, 0.15) is 11.9 Å². The van der Waals surface area contributed by atoms with Crippen LogP contribution in [0.4, 0.5) is 10.2 Å². The number of benzene rings is 2. The molecule has 11 heteroatoms. The molecular weight excluding hydrogens is 469 g/mol. The molecule has 2 heterocycles. The van der Waals surface area contributed by atoms with E-state index in [2.05, 4.69) is 15.8 Å². The predicted octanol–water partition coefficient (Wildman–Crippen LogP) is 3.19. The zero-order chi connectivity index (χ0) is 24.1. The SMILES string of the molecule is C=S(N)(=O)c1ccc2c(c1)-c1cnc(N)c(n1)OC(C)c1c(ccc(F)c1Cl)C(=O)N(C)C2. The van der Waals surface area contributed by atoms with Gasteiger partial charge in [0.05, 0.1) is 26.6 Å². The van der Waals surface area contributed by atoms with E-state index in [-0.39, 0.29) is 40.3 Å². The number of carbonyl (C=O) groups is 1. The van der Waals surface area contributed by atoms with Crippen LogP contribution in [0.1, 0.15) is 34.5 Å². The average Bonchev–Trinajstić information content (AvgIpc) is 2.75. The molecular formula is C22H21ClFN5O3S. The van der Waals surface area contributed by atoms with E-state index in [1.807, 2.05) is 0 Å². The van der Waals surface area contributed by atoms with Gasteiger partial charge in [0.25, 0.3) is 11.8 Å². The largest absolute Gasteiger partial charge is 0.467 e. The number of rotatable bonds is 1. The summed E-state index contributed by atoms with van der Waals surface area (Å²) >= 11 is 6.24. The Kier molecular flexibility index (Phi) is 5.77. The van der Waals surface area contributed by atoms with E-state index < -0.39 is 21.6 Å². The summed E-state index contributed by atoms with van der Waals surface area (Å²) in [5, 5.41) is 5.52. The average molecular weight is 490 g/mol. The zero-order valence-electron chi connectivity index (χ0n) is 17.8. The summed E-state index contributed by atoms with van der Waals surface area (Å²) in [5.74, 6) is 2.44. The van der Waals surface area contributed by atoms with Crippen molar-refractivity contribution in [3.8, 4) is 17.1 Å². The summed E-state index contributed by atoms with van der Waals surface area (Å²) in [6.07, 6.45) is 0.561. The van der Waals surface area contributed by atoms with Gasteiger partial charge in [0, 0.05) is 35.2 Å². The molecule has 2 unspecified atom stereocenters. The van der Waals surface area contributed by atoms with E-state index in [4.69, 9.17) is 27.2 Å². The summed E-state index contributed by atoms with van der Waals surface area (Å²) < 4.78 is 32.6. The fourth-order valence-electron chi connectivity index (χ4n) is 3.65. The molecule has 0 saturated heterocycles. The fourth-order valence-corrected chi connectivity index (χ4v) is 4.59. The zero-order valence-corrected chi connectivity index (χ0v) is 19.4. The Balaban J connectivity index is 1.99. The molecule has 33 heavy (non-hydrogen) atoms. The van der Waals surface area contributed by atoms with Crippen LogP contribution < -0.4 is 15.6 Å². The molecule has 0 saturated carbocycles. The third-order valence-corrected chi connectivity index (χ3v) is 6.77. The number of nitrogen functional groups attached to an aromatic ring is 1. The van der Waals surface area contributed by atoms with Crippen LogP contribution in [0.2, 0.25) is 5.02 Å². The van der Waals surface area contributed by atoms with E-state index in [0.717, 1.165) is 6.07 Å². The van der Waals surface area contributed by atoms with Crippen LogP contribution >= 0.6 is 11.6 Å². The second-order valence-electron chi connectivity index (χ2n) is 7.73. The second-order valence-corrected chi connectivity index (χ2v) is 10.0. The lowest BCUT2D eigenvalue weighted by atomic mass is 10.00. The number of fused-ring (bicyclic) bond motifs is 5. The molecule has 1 aliphatic rings. The normalized spacial score (nSPS) is 17.7. The van der Waals surface area contributed by atoms with Crippen LogP contribution in [0.25, 0.3) is 11.3 Å². The first-order chi connectivity index (χ1) is 15.5. The first-order valence-corrected chi connectivity index (χ1v) is 11.9. The highest BCUT2D eigenvalue weighted by Crippen LogP contribution is 2.36. The van der Waals surface area contributed by atoms with Gasteiger partial charge in [-0.1, -0.05) is 17.7 Å². The number of nitrogens with two attached hydrogens (primary N) is 2. The Bertz CT molecular complexity index is 1400. The standard InChI is InChI=1S/C22H21ClFN5O3S/c1-11-18-14(6-7-16(24)19(18)23)22(30)29(2)10-12-4-5-13(33(3,26)31)8-15(12)17-9-27-20(25)21(28-17)32-11/h4-9,11H,3,10H2,1-2H3,(H2,25,27)(H2,26,31). The van der Waals surface area contributed by atoms with Gasteiger partial charge in [-0.25, -0.2) is 18.6 Å². The van der Waals surface area contributed by atoms with Crippen molar-refractivity contribution in [2.75, 3.05) is 12.8 Å². The molecule has 2 aromatic carbocycles. The van der Waals surface area contributed by atoms with Crippen molar-refractivity contribution in [3.63, 3.8) is 0 Å². The number of ether oxygens (including phenoxy) is 1. The van der Waals surface area contributed by atoms with Crippen LogP contribution in [-0.2, 0) is 16.3 Å². The van der Waals surface area contributed by atoms with E-state index in [0.29, 0.717) is 21.7 Å². The van der Waals surface area contributed by atoms with E-state index in [9.17, 15) is 13.4 Å².